The van der Waals surface area contributed by atoms with Gasteiger partial charge in [0.25, 0.3) is 5.91 Å². The number of carbonyl (C=O) groups is 2. The second-order valence-electron chi connectivity index (χ2n) is 10.9. The third-order valence-corrected chi connectivity index (χ3v) is 8.10. The maximum Gasteiger partial charge on any atom is 0.251 e. The average molecular weight is 686 g/mol. The Bertz CT molecular complexity index is 1020. The summed E-state index contributed by atoms with van der Waals surface area (Å²) in [7, 11) is 3.08. The molecule has 13 heteroatoms. The summed E-state index contributed by atoms with van der Waals surface area (Å²) in [6.45, 7) is 15.6. The Morgan fingerprint density at radius 2 is 1.59 bits per heavy atom. The van der Waals surface area contributed by atoms with E-state index in [-0.39, 0.29) is 44.2 Å². The Morgan fingerprint density at radius 3 is 2.28 bits per heavy atom. The van der Waals surface area contributed by atoms with Gasteiger partial charge in [0, 0.05) is 30.7 Å². The number of hydrogen-bond acceptors (Lipinski definition) is 11. The largest absolute Gasteiger partial charge is 0.490 e. The fourth-order valence-electron chi connectivity index (χ4n) is 3.58. The maximum absolute atomic E-state index is 12.6. The molecule has 0 spiro atoms. The van der Waals surface area contributed by atoms with Gasteiger partial charge < -0.3 is 44.4 Å². The van der Waals surface area contributed by atoms with Crippen LogP contribution in [-0.4, -0.2) is 115 Å². The summed E-state index contributed by atoms with van der Waals surface area (Å²) >= 11 is 0. The smallest absolute Gasteiger partial charge is 0.251 e. The van der Waals surface area contributed by atoms with Crippen LogP contribution >= 0.6 is 21.6 Å². The van der Waals surface area contributed by atoms with Crippen LogP contribution in [0.5, 0.6) is 5.75 Å². The van der Waals surface area contributed by atoms with E-state index in [4.69, 9.17) is 28.4 Å². The molecule has 0 saturated heterocycles. The first-order valence-corrected chi connectivity index (χ1v) is 18.4. The molecule has 1 rings (SSSR count). The molecular formula is C33H55N3O8S2. The van der Waals surface area contributed by atoms with E-state index in [0.717, 1.165) is 13.0 Å². The van der Waals surface area contributed by atoms with E-state index in [1.165, 1.54) is 10.8 Å². The van der Waals surface area contributed by atoms with Crippen LogP contribution in [0.15, 0.2) is 24.3 Å². The zero-order valence-electron chi connectivity index (χ0n) is 28.4. The van der Waals surface area contributed by atoms with Crippen LogP contribution in [0.25, 0.3) is 0 Å². The average Bonchev–Trinajstić information content (AvgIpc) is 3.02. The summed E-state index contributed by atoms with van der Waals surface area (Å²) in [5, 5.41) is 8.91. The van der Waals surface area contributed by atoms with E-state index in [1.54, 1.807) is 35.1 Å². The molecule has 0 aromatic heterocycles. The van der Waals surface area contributed by atoms with Gasteiger partial charge in [-0.1, -0.05) is 67.2 Å². The summed E-state index contributed by atoms with van der Waals surface area (Å²) in [5.74, 6) is 6.28. The molecule has 0 radical (unpaired) electrons. The highest BCUT2D eigenvalue weighted by Gasteiger charge is 2.27. The van der Waals surface area contributed by atoms with Crippen molar-refractivity contribution in [3.8, 4) is 17.6 Å². The van der Waals surface area contributed by atoms with Crippen LogP contribution in [-0.2, 0) is 28.5 Å². The van der Waals surface area contributed by atoms with Crippen LogP contribution in [0.2, 0.25) is 0 Å². The first-order chi connectivity index (χ1) is 22.1. The van der Waals surface area contributed by atoms with Crippen LogP contribution in [0.3, 0.4) is 0 Å². The minimum atomic E-state index is -0.672. The number of carbonyl (C=O) groups excluding carboxylic acids is 2. The van der Waals surface area contributed by atoms with E-state index in [9.17, 15) is 9.59 Å². The Kier molecular flexibility index (Phi) is 24.6. The van der Waals surface area contributed by atoms with Crippen LogP contribution < -0.4 is 20.7 Å². The van der Waals surface area contributed by atoms with Gasteiger partial charge in [-0.3, -0.25) is 9.59 Å². The van der Waals surface area contributed by atoms with Crippen LogP contribution in [0.1, 0.15) is 51.4 Å². The van der Waals surface area contributed by atoms with Crippen molar-refractivity contribution in [2.24, 2.45) is 5.92 Å². The molecule has 46 heavy (non-hydrogen) atoms. The maximum atomic E-state index is 12.6. The summed E-state index contributed by atoms with van der Waals surface area (Å²) < 4.78 is 34.1. The van der Waals surface area contributed by atoms with Crippen molar-refractivity contribution in [3.63, 3.8) is 0 Å². The van der Waals surface area contributed by atoms with Gasteiger partial charge >= 0.3 is 0 Å². The van der Waals surface area contributed by atoms with E-state index in [0.29, 0.717) is 70.1 Å². The topological polar surface area (TPSA) is 126 Å². The summed E-state index contributed by atoms with van der Waals surface area (Å²) in [4.78, 5) is 23.8. The zero-order chi connectivity index (χ0) is 33.9. The lowest BCUT2D eigenvalue weighted by Crippen LogP contribution is -2.33. The molecular weight excluding hydrogens is 631 g/mol. The SMILES string of the molecule is CSSC(C)(COc1cccc(C(=O)NCCOCCOCCOCCCNC(C)C)c1)OCCOCC(=O)NCC#CC(C)C. The molecule has 2 amide bonds. The lowest BCUT2D eigenvalue weighted by Gasteiger charge is -2.28. The first-order valence-electron chi connectivity index (χ1n) is 15.8. The molecule has 0 aliphatic carbocycles. The molecule has 11 nitrogen and oxygen atoms in total. The second kappa shape index (κ2) is 27.0. The van der Waals surface area contributed by atoms with Gasteiger partial charge in [0.1, 0.15) is 19.0 Å². The van der Waals surface area contributed by atoms with E-state index in [2.05, 4.69) is 41.6 Å². The minimum absolute atomic E-state index is 0.0573. The molecule has 262 valence electrons. The number of nitrogens with one attached hydrogen (secondary N) is 3. The Hall–Kier alpha value is -2.02. The van der Waals surface area contributed by atoms with Crippen molar-refractivity contribution in [3.05, 3.63) is 29.8 Å². The molecule has 1 aromatic carbocycles. The molecule has 1 atom stereocenters. The van der Waals surface area contributed by atoms with Crippen LogP contribution in [0, 0.1) is 17.8 Å². The van der Waals surface area contributed by atoms with Gasteiger partial charge in [0.05, 0.1) is 52.8 Å². The molecule has 0 aliphatic heterocycles. The predicted octanol–water partition coefficient (Wildman–Crippen LogP) is 3.77. The van der Waals surface area contributed by atoms with Gasteiger partial charge in [-0.2, -0.15) is 0 Å². The van der Waals surface area contributed by atoms with Gasteiger partial charge in [0.2, 0.25) is 5.91 Å². The normalized spacial score (nSPS) is 12.4. The van der Waals surface area contributed by atoms with Crippen molar-refractivity contribution >= 4 is 33.4 Å². The van der Waals surface area contributed by atoms with Crippen molar-refractivity contribution in [2.45, 2.75) is 52.0 Å². The van der Waals surface area contributed by atoms with Gasteiger partial charge in [0.15, 0.2) is 4.93 Å². The van der Waals surface area contributed by atoms with Crippen molar-refractivity contribution in [1.29, 1.82) is 0 Å². The highest BCUT2D eigenvalue weighted by Crippen LogP contribution is 2.35. The lowest BCUT2D eigenvalue weighted by molar-refractivity contribution is -0.126. The minimum Gasteiger partial charge on any atom is -0.490 e. The van der Waals surface area contributed by atoms with Gasteiger partial charge in [-0.25, -0.2) is 0 Å². The standard InChI is InChI=1S/C33H55N3O8S2/c1-27(2)10-8-13-35-31(37)25-42-22-23-44-33(5,46-45-6)26-43-30-12-7-11-29(24-30)32(38)36-15-17-40-19-21-41-20-18-39-16-9-14-34-28(3)4/h7,11-12,24,27-28,34H,9,13-23,25-26H2,1-6H3,(H,35,37)(H,36,38). The predicted molar refractivity (Wildman–Crippen MR) is 186 cm³/mol. The molecule has 1 unspecified atom stereocenters. The molecule has 1 aromatic rings. The fourth-order valence-corrected chi connectivity index (χ4v) is 5.52. The molecule has 0 heterocycles. The molecule has 0 fully saturated rings. The number of amides is 2. The van der Waals surface area contributed by atoms with Crippen molar-refractivity contribution in [1.82, 2.24) is 16.0 Å². The molecule has 3 N–H and O–H groups in total. The number of benzene rings is 1. The summed E-state index contributed by atoms with van der Waals surface area (Å²) in [6, 6.07) is 7.50. The van der Waals surface area contributed by atoms with E-state index < -0.39 is 4.93 Å². The third kappa shape index (κ3) is 23.3. The Labute approximate surface area is 284 Å². The molecule has 0 bridgehead atoms. The quantitative estimate of drug-likeness (QED) is 0.0543. The van der Waals surface area contributed by atoms with Crippen molar-refractivity contribution in [2.75, 3.05) is 92.0 Å². The monoisotopic (exact) mass is 685 g/mol. The highest BCUT2D eigenvalue weighted by molar-refractivity contribution is 8.76. The van der Waals surface area contributed by atoms with Gasteiger partial charge in [-0.15, -0.1) is 0 Å². The molecule has 0 aliphatic rings. The zero-order valence-corrected chi connectivity index (χ0v) is 30.1. The fraction of sp³-hybridized carbons (Fsp3) is 0.697. The number of ether oxygens (including phenoxy) is 6. The molecule has 0 saturated carbocycles. The van der Waals surface area contributed by atoms with E-state index in [1.807, 2.05) is 27.0 Å². The highest BCUT2D eigenvalue weighted by atomic mass is 33.1. The first kappa shape index (κ1) is 42.0. The Balaban J connectivity index is 2.24. The Morgan fingerprint density at radius 1 is 0.891 bits per heavy atom. The number of rotatable bonds is 27. The third-order valence-electron chi connectivity index (χ3n) is 5.78. The second-order valence-corrected chi connectivity index (χ2v) is 13.8. The van der Waals surface area contributed by atoms with Crippen LogP contribution in [0.4, 0.5) is 0 Å². The van der Waals surface area contributed by atoms with Crippen molar-refractivity contribution < 1.29 is 38.0 Å². The van der Waals surface area contributed by atoms with Gasteiger partial charge in [-0.05, 0) is 44.3 Å². The summed E-state index contributed by atoms with van der Waals surface area (Å²) in [6.07, 6.45) is 2.94. The van der Waals surface area contributed by atoms with E-state index >= 15 is 0 Å². The summed E-state index contributed by atoms with van der Waals surface area (Å²) in [5.41, 5.74) is 0.489. The number of hydrogen-bond donors (Lipinski definition) is 3. The lowest BCUT2D eigenvalue weighted by atomic mass is 10.2.